The summed E-state index contributed by atoms with van der Waals surface area (Å²) in [6, 6.07) is 8.62. The second-order valence-corrected chi connectivity index (χ2v) is 6.10. The van der Waals surface area contributed by atoms with Gasteiger partial charge in [0.05, 0.1) is 12.0 Å². The monoisotopic (exact) mass is 339 g/mol. The minimum absolute atomic E-state index is 0.0578. The minimum Gasteiger partial charge on any atom is -0.454 e. The molecule has 0 bridgehead atoms. The normalized spacial score (nSPS) is 21.5. The second-order valence-electron chi connectivity index (χ2n) is 6.10. The Morgan fingerprint density at radius 2 is 1.96 bits per heavy atom. The summed E-state index contributed by atoms with van der Waals surface area (Å²) in [5.41, 5.74) is 1.51. The van der Waals surface area contributed by atoms with E-state index in [0.717, 1.165) is 5.56 Å². The maximum atomic E-state index is 12.8. The molecule has 0 saturated carbocycles. The molecular formula is C18H17N3O4. The van der Waals surface area contributed by atoms with Gasteiger partial charge in [0, 0.05) is 31.5 Å². The average molecular weight is 339 g/mol. The topological polar surface area (TPSA) is 80.8 Å². The van der Waals surface area contributed by atoms with E-state index >= 15 is 0 Å². The van der Waals surface area contributed by atoms with E-state index in [0.29, 0.717) is 17.2 Å². The molecule has 2 atom stereocenters. The standard InChI is InChI=1S/C18H17N3O4/c1-21-16(22)9-13(18(23)20-12-4-6-19-7-5-12)17(21)11-2-3-14-15(8-11)25-10-24-14/h2-8,13,17H,9-10H2,1H3,(H,19,20,23)/t13-,17-/m0/s1. The molecular weight excluding hydrogens is 322 g/mol. The van der Waals surface area contributed by atoms with E-state index < -0.39 is 5.92 Å². The van der Waals surface area contributed by atoms with Gasteiger partial charge >= 0.3 is 0 Å². The molecule has 1 saturated heterocycles. The Morgan fingerprint density at radius 3 is 2.76 bits per heavy atom. The highest BCUT2D eigenvalue weighted by molar-refractivity contribution is 5.97. The van der Waals surface area contributed by atoms with Crippen LogP contribution in [0.1, 0.15) is 18.0 Å². The minimum atomic E-state index is -0.481. The van der Waals surface area contributed by atoms with Crippen molar-refractivity contribution in [3.63, 3.8) is 0 Å². The van der Waals surface area contributed by atoms with E-state index in [9.17, 15) is 9.59 Å². The van der Waals surface area contributed by atoms with Crippen LogP contribution in [0.5, 0.6) is 11.5 Å². The van der Waals surface area contributed by atoms with Gasteiger partial charge in [-0.3, -0.25) is 14.6 Å². The van der Waals surface area contributed by atoms with Crippen LogP contribution in [-0.2, 0) is 9.59 Å². The van der Waals surface area contributed by atoms with Gasteiger partial charge in [0.15, 0.2) is 11.5 Å². The molecule has 3 heterocycles. The van der Waals surface area contributed by atoms with Crippen molar-refractivity contribution in [1.82, 2.24) is 9.88 Å². The predicted octanol–water partition coefficient (Wildman–Crippen LogP) is 1.97. The van der Waals surface area contributed by atoms with Gasteiger partial charge in [-0.15, -0.1) is 0 Å². The Balaban J connectivity index is 1.62. The van der Waals surface area contributed by atoms with Crippen molar-refractivity contribution < 1.29 is 19.1 Å². The number of anilines is 1. The third-order valence-corrected chi connectivity index (χ3v) is 4.61. The summed E-state index contributed by atoms with van der Waals surface area (Å²) in [6.45, 7) is 0.185. The number of carbonyl (C=O) groups is 2. The van der Waals surface area contributed by atoms with Gasteiger partial charge in [0.25, 0.3) is 0 Å². The maximum absolute atomic E-state index is 12.8. The smallest absolute Gasteiger partial charge is 0.231 e. The molecule has 7 nitrogen and oxygen atoms in total. The van der Waals surface area contributed by atoms with E-state index in [4.69, 9.17) is 9.47 Å². The van der Waals surface area contributed by atoms with E-state index in [-0.39, 0.29) is 31.1 Å². The lowest BCUT2D eigenvalue weighted by Crippen LogP contribution is -2.30. The highest BCUT2D eigenvalue weighted by atomic mass is 16.7. The number of pyridine rings is 1. The van der Waals surface area contributed by atoms with Crippen LogP contribution in [-0.4, -0.2) is 35.5 Å². The number of hydrogen-bond acceptors (Lipinski definition) is 5. The van der Waals surface area contributed by atoms with Crippen LogP contribution < -0.4 is 14.8 Å². The first kappa shape index (κ1) is 15.4. The lowest BCUT2D eigenvalue weighted by atomic mass is 9.92. The highest BCUT2D eigenvalue weighted by Gasteiger charge is 2.43. The van der Waals surface area contributed by atoms with Gasteiger partial charge in [-0.2, -0.15) is 0 Å². The molecule has 1 N–H and O–H groups in total. The largest absolute Gasteiger partial charge is 0.454 e. The first-order valence-corrected chi connectivity index (χ1v) is 7.99. The number of nitrogens with zero attached hydrogens (tertiary/aromatic N) is 2. The lowest BCUT2D eigenvalue weighted by Gasteiger charge is -2.25. The fraction of sp³-hybridized carbons (Fsp3) is 0.278. The number of nitrogens with one attached hydrogen (secondary N) is 1. The third kappa shape index (κ3) is 2.77. The maximum Gasteiger partial charge on any atom is 0.231 e. The lowest BCUT2D eigenvalue weighted by molar-refractivity contribution is -0.127. The van der Waals surface area contributed by atoms with E-state index in [2.05, 4.69) is 10.3 Å². The number of benzene rings is 1. The van der Waals surface area contributed by atoms with Crippen molar-refractivity contribution in [2.45, 2.75) is 12.5 Å². The van der Waals surface area contributed by atoms with Crippen LogP contribution in [0, 0.1) is 5.92 Å². The second kappa shape index (κ2) is 6.08. The molecule has 1 aromatic carbocycles. The van der Waals surface area contributed by atoms with Crippen LogP contribution in [0.15, 0.2) is 42.7 Å². The number of amides is 2. The molecule has 2 amide bonds. The van der Waals surface area contributed by atoms with Gasteiger partial charge in [-0.25, -0.2) is 0 Å². The summed E-state index contributed by atoms with van der Waals surface area (Å²) in [6.07, 6.45) is 3.39. The Bertz CT molecular complexity index is 824. The molecule has 4 rings (SSSR count). The molecule has 2 aromatic rings. The summed E-state index contributed by atoms with van der Waals surface area (Å²) < 4.78 is 10.7. The van der Waals surface area contributed by atoms with Crippen LogP contribution in [0.2, 0.25) is 0 Å². The summed E-state index contributed by atoms with van der Waals surface area (Å²) >= 11 is 0. The molecule has 0 spiro atoms. The van der Waals surface area contributed by atoms with Gasteiger partial charge in [-0.1, -0.05) is 6.07 Å². The van der Waals surface area contributed by atoms with Crippen LogP contribution in [0.3, 0.4) is 0 Å². The zero-order valence-corrected chi connectivity index (χ0v) is 13.6. The van der Waals surface area contributed by atoms with Crippen molar-refractivity contribution >= 4 is 17.5 Å². The Morgan fingerprint density at radius 1 is 1.20 bits per heavy atom. The zero-order chi connectivity index (χ0) is 17.4. The SMILES string of the molecule is CN1C(=O)C[C@H](C(=O)Nc2ccncc2)[C@@H]1c1ccc2c(c1)OCO2. The molecule has 7 heteroatoms. The fourth-order valence-corrected chi connectivity index (χ4v) is 3.33. The van der Waals surface area contributed by atoms with Crippen LogP contribution in [0.25, 0.3) is 0 Å². The van der Waals surface area contributed by atoms with Gasteiger partial charge in [0.1, 0.15) is 0 Å². The average Bonchev–Trinajstić information content (AvgIpc) is 3.20. The van der Waals surface area contributed by atoms with Crippen LogP contribution in [0.4, 0.5) is 5.69 Å². The molecule has 1 aromatic heterocycles. The van der Waals surface area contributed by atoms with Crippen molar-refractivity contribution in [2.24, 2.45) is 5.92 Å². The molecule has 0 radical (unpaired) electrons. The van der Waals surface area contributed by atoms with Gasteiger partial charge in [0.2, 0.25) is 18.6 Å². The van der Waals surface area contributed by atoms with Crippen molar-refractivity contribution in [3.8, 4) is 11.5 Å². The first-order valence-electron chi connectivity index (χ1n) is 7.99. The van der Waals surface area contributed by atoms with E-state index in [1.54, 1.807) is 36.5 Å². The Kier molecular flexibility index (Phi) is 3.76. The Hall–Kier alpha value is -3.09. The molecule has 1 fully saturated rings. The van der Waals surface area contributed by atoms with Crippen molar-refractivity contribution in [3.05, 3.63) is 48.3 Å². The summed E-state index contributed by atoms with van der Waals surface area (Å²) in [4.78, 5) is 30.5. The summed E-state index contributed by atoms with van der Waals surface area (Å²) in [5.74, 6) is 0.585. The van der Waals surface area contributed by atoms with Crippen molar-refractivity contribution in [1.29, 1.82) is 0 Å². The van der Waals surface area contributed by atoms with Gasteiger partial charge in [-0.05, 0) is 29.8 Å². The number of rotatable bonds is 3. The number of carbonyl (C=O) groups excluding carboxylic acids is 2. The fourth-order valence-electron chi connectivity index (χ4n) is 3.33. The quantitative estimate of drug-likeness (QED) is 0.925. The number of fused-ring (bicyclic) bond motifs is 1. The summed E-state index contributed by atoms with van der Waals surface area (Å²) in [7, 11) is 1.72. The van der Waals surface area contributed by atoms with E-state index in [1.807, 2.05) is 18.2 Å². The number of likely N-dealkylation sites (tertiary alicyclic amines) is 1. The number of ether oxygens (including phenoxy) is 2. The predicted molar refractivity (Wildman–Crippen MR) is 89.0 cm³/mol. The molecule has 0 aliphatic carbocycles. The van der Waals surface area contributed by atoms with Crippen LogP contribution >= 0.6 is 0 Å². The molecule has 0 unspecified atom stereocenters. The number of aromatic nitrogens is 1. The molecule has 2 aliphatic heterocycles. The highest BCUT2D eigenvalue weighted by Crippen LogP contribution is 2.41. The van der Waals surface area contributed by atoms with E-state index in [1.165, 1.54) is 0 Å². The zero-order valence-electron chi connectivity index (χ0n) is 13.6. The van der Waals surface area contributed by atoms with Gasteiger partial charge < -0.3 is 19.7 Å². The number of hydrogen-bond donors (Lipinski definition) is 1. The first-order chi connectivity index (χ1) is 12.1. The molecule has 25 heavy (non-hydrogen) atoms. The third-order valence-electron chi connectivity index (χ3n) is 4.61. The molecule has 2 aliphatic rings. The Labute approximate surface area is 144 Å². The van der Waals surface area contributed by atoms with Crippen molar-refractivity contribution in [2.75, 3.05) is 19.2 Å². The molecule has 128 valence electrons. The summed E-state index contributed by atoms with van der Waals surface area (Å²) in [5, 5.41) is 2.86.